The normalized spacial score (nSPS) is 16.2. The van der Waals surface area contributed by atoms with Crippen molar-refractivity contribution in [3.8, 4) is 0 Å². The highest BCUT2D eigenvalue weighted by Gasteiger charge is 2.16. The maximum absolute atomic E-state index is 5.40. The second-order valence-corrected chi connectivity index (χ2v) is 11.8. The van der Waals surface area contributed by atoms with Gasteiger partial charge >= 0.3 is 0 Å². The largest absolute Gasteiger partial charge is 0.378 e. The lowest BCUT2D eigenvalue weighted by Crippen LogP contribution is -2.36. The van der Waals surface area contributed by atoms with Crippen LogP contribution in [0.1, 0.15) is 24.0 Å². The molecule has 0 spiro atoms. The minimum atomic E-state index is 0.523. The fourth-order valence-corrected chi connectivity index (χ4v) is 6.15. The van der Waals surface area contributed by atoms with E-state index >= 15 is 0 Å². The van der Waals surface area contributed by atoms with Crippen LogP contribution in [-0.2, 0) is 4.74 Å². The Bertz CT molecular complexity index is 1580. The van der Waals surface area contributed by atoms with Crippen LogP contribution in [0.2, 0.25) is 0 Å². The number of ether oxygens (including phenoxy) is 1. The van der Waals surface area contributed by atoms with Gasteiger partial charge in [0.2, 0.25) is 5.13 Å². The van der Waals surface area contributed by atoms with Crippen molar-refractivity contribution in [3.63, 3.8) is 0 Å². The summed E-state index contributed by atoms with van der Waals surface area (Å²) < 4.78 is 5.40. The van der Waals surface area contributed by atoms with Gasteiger partial charge in [0.1, 0.15) is 5.00 Å². The first-order chi connectivity index (χ1) is 20.1. The second kappa shape index (κ2) is 12.7. The molecule has 13 heteroatoms. The van der Waals surface area contributed by atoms with Crippen LogP contribution in [0.5, 0.6) is 0 Å². The molecular weight excluding hydrogens is 557 g/mol. The molecule has 0 atom stereocenters. The molecule has 11 nitrogen and oxygen atoms in total. The Morgan fingerprint density at radius 1 is 0.659 bits per heavy atom. The first-order valence-corrected chi connectivity index (χ1v) is 15.2. The standard InChI is InChI=1S/C28H30N10OS2/c1-19-18-22(30-33-25-9-10-26(40-25)37-11-3-4-12-37)6-7-23(19)31-29-21-5-8-24(20(2)17-21)32-34-27-35-36-28(41-27)38-13-15-39-16-14-38/h5-10,17-18H,3-4,11-16H2,1-2H3. The molecule has 2 aliphatic rings. The van der Waals surface area contributed by atoms with Crippen molar-refractivity contribution in [1.82, 2.24) is 10.2 Å². The first-order valence-electron chi connectivity index (χ1n) is 13.6. The van der Waals surface area contributed by atoms with E-state index in [1.807, 2.05) is 56.3 Å². The number of aromatic nitrogens is 2. The highest BCUT2D eigenvalue weighted by atomic mass is 32.1. The van der Waals surface area contributed by atoms with Gasteiger partial charge in [-0.15, -0.1) is 30.7 Å². The molecule has 2 saturated heterocycles. The third-order valence-corrected chi connectivity index (χ3v) is 8.72. The van der Waals surface area contributed by atoms with Crippen molar-refractivity contribution in [3.05, 3.63) is 59.7 Å². The summed E-state index contributed by atoms with van der Waals surface area (Å²) >= 11 is 3.10. The molecule has 2 aromatic carbocycles. The summed E-state index contributed by atoms with van der Waals surface area (Å²) in [4.78, 5) is 4.56. The molecule has 0 aliphatic carbocycles. The Balaban J connectivity index is 1.07. The Morgan fingerprint density at radius 3 is 2.00 bits per heavy atom. The van der Waals surface area contributed by atoms with Crippen molar-refractivity contribution in [2.75, 3.05) is 49.2 Å². The lowest BCUT2D eigenvalue weighted by atomic mass is 10.2. The van der Waals surface area contributed by atoms with E-state index in [0.717, 1.165) is 70.2 Å². The lowest BCUT2D eigenvalue weighted by Gasteiger charge is -2.25. The van der Waals surface area contributed by atoms with Crippen molar-refractivity contribution in [1.29, 1.82) is 0 Å². The predicted octanol–water partition coefficient (Wildman–Crippen LogP) is 8.90. The fraction of sp³-hybridized carbons (Fsp3) is 0.357. The predicted molar refractivity (Wildman–Crippen MR) is 164 cm³/mol. The molecule has 4 aromatic rings. The Labute approximate surface area is 246 Å². The van der Waals surface area contributed by atoms with Crippen LogP contribution >= 0.6 is 22.7 Å². The van der Waals surface area contributed by atoms with Gasteiger partial charge in [-0.25, -0.2) is 0 Å². The van der Waals surface area contributed by atoms with Crippen molar-refractivity contribution in [2.24, 2.45) is 30.7 Å². The van der Waals surface area contributed by atoms with Crippen LogP contribution < -0.4 is 9.80 Å². The van der Waals surface area contributed by atoms with Crippen LogP contribution in [0.3, 0.4) is 0 Å². The summed E-state index contributed by atoms with van der Waals surface area (Å²) in [5.41, 5.74) is 4.97. The lowest BCUT2D eigenvalue weighted by molar-refractivity contribution is 0.122. The van der Waals surface area contributed by atoms with E-state index in [0.29, 0.717) is 18.3 Å². The number of anilines is 2. The average Bonchev–Trinajstić information content (AvgIpc) is 3.78. The molecule has 0 N–H and O–H groups in total. The molecule has 2 aliphatic heterocycles. The van der Waals surface area contributed by atoms with Crippen molar-refractivity contribution < 1.29 is 4.74 Å². The molecule has 6 rings (SSSR count). The summed E-state index contributed by atoms with van der Waals surface area (Å²) in [5.74, 6) is 0. The number of rotatable bonds is 8. The number of nitrogens with zero attached hydrogens (tertiary/aromatic N) is 10. The smallest absolute Gasteiger partial charge is 0.253 e. The topological polar surface area (TPSA) is 116 Å². The molecular formula is C28H30N10OS2. The van der Waals surface area contributed by atoms with E-state index in [4.69, 9.17) is 4.74 Å². The SMILES string of the molecule is Cc1cc(N=Nc2ccc(N3CCCC3)s2)ccc1N=Nc1ccc(N=Nc2nnc(N3CCOCC3)s2)c(C)c1. The number of hydrogen-bond donors (Lipinski definition) is 0. The van der Waals surface area contributed by atoms with E-state index in [-0.39, 0.29) is 0 Å². The minimum Gasteiger partial charge on any atom is -0.378 e. The fourth-order valence-electron chi connectivity index (χ4n) is 4.55. The molecule has 0 bridgehead atoms. The minimum absolute atomic E-state index is 0.523. The second-order valence-electron chi connectivity index (χ2n) is 9.81. The van der Waals surface area contributed by atoms with E-state index in [9.17, 15) is 0 Å². The summed E-state index contributed by atoms with van der Waals surface area (Å²) in [7, 11) is 0. The molecule has 2 fully saturated rings. The summed E-state index contributed by atoms with van der Waals surface area (Å²) in [5, 5.41) is 38.4. The zero-order chi connectivity index (χ0) is 28.0. The number of thiophene rings is 1. The monoisotopic (exact) mass is 586 g/mol. The number of hydrogen-bond acceptors (Lipinski definition) is 13. The maximum Gasteiger partial charge on any atom is 0.253 e. The molecule has 0 radical (unpaired) electrons. The molecule has 0 unspecified atom stereocenters. The molecule has 41 heavy (non-hydrogen) atoms. The Kier molecular flexibility index (Phi) is 8.44. The van der Waals surface area contributed by atoms with Crippen LogP contribution in [0.15, 0.2) is 79.2 Å². The molecule has 4 heterocycles. The van der Waals surface area contributed by atoms with E-state index < -0.39 is 0 Å². The quantitative estimate of drug-likeness (QED) is 0.191. The van der Waals surface area contributed by atoms with E-state index in [1.165, 1.54) is 29.2 Å². The van der Waals surface area contributed by atoms with Crippen LogP contribution in [-0.4, -0.2) is 49.6 Å². The van der Waals surface area contributed by atoms with E-state index in [1.54, 1.807) is 11.3 Å². The van der Waals surface area contributed by atoms with Gasteiger partial charge in [-0.2, -0.15) is 10.2 Å². The molecule has 0 amide bonds. The highest BCUT2D eigenvalue weighted by Crippen LogP contribution is 2.36. The molecule has 210 valence electrons. The van der Waals surface area contributed by atoms with E-state index in [2.05, 4.69) is 56.7 Å². The number of azo groups is 3. The summed E-state index contributed by atoms with van der Waals surface area (Å²) in [6, 6.07) is 15.7. The van der Waals surface area contributed by atoms with Crippen LogP contribution in [0.25, 0.3) is 0 Å². The summed E-state index contributed by atoms with van der Waals surface area (Å²) in [6.45, 7) is 9.25. The van der Waals surface area contributed by atoms with Gasteiger partial charge in [-0.05, 0) is 86.3 Å². The third kappa shape index (κ3) is 6.87. The van der Waals surface area contributed by atoms with Gasteiger partial charge in [0.25, 0.3) is 5.13 Å². The van der Waals surface area contributed by atoms with Gasteiger partial charge in [0.05, 0.1) is 41.0 Å². The highest BCUT2D eigenvalue weighted by molar-refractivity contribution is 7.19. The average molecular weight is 587 g/mol. The molecule has 2 aromatic heterocycles. The van der Waals surface area contributed by atoms with Gasteiger partial charge in [-0.3, -0.25) is 0 Å². The van der Waals surface area contributed by atoms with Crippen molar-refractivity contribution >= 4 is 65.7 Å². The maximum atomic E-state index is 5.40. The molecule has 0 saturated carbocycles. The van der Waals surface area contributed by atoms with Crippen LogP contribution in [0, 0.1) is 13.8 Å². The first kappa shape index (κ1) is 27.2. The number of aryl methyl sites for hydroxylation is 2. The number of morpholine rings is 1. The van der Waals surface area contributed by atoms with Gasteiger partial charge < -0.3 is 14.5 Å². The van der Waals surface area contributed by atoms with Crippen LogP contribution in [0.4, 0.5) is 43.0 Å². The van der Waals surface area contributed by atoms with Gasteiger partial charge in [0, 0.05) is 26.2 Å². The van der Waals surface area contributed by atoms with Gasteiger partial charge in [-0.1, -0.05) is 22.7 Å². The third-order valence-electron chi connectivity index (χ3n) is 6.82. The summed E-state index contributed by atoms with van der Waals surface area (Å²) in [6.07, 6.45) is 2.52. The Hall–Kier alpha value is -3.94. The van der Waals surface area contributed by atoms with Gasteiger partial charge in [0.15, 0.2) is 0 Å². The zero-order valence-electron chi connectivity index (χ0n) is 23.0. The number of benzene rings is 2. The zero-order valence-corrected chi connectivity index (χ0v) is 24.6. The van der Waals surface area contributed by atoms with Crippen molar-refractivity contribution in [2.45, 2.75) is 26.7 Å². The Morgan fingerprint density at radius 2 is 1.32 bits per heavy atom.